The summed E-state index contributed by atoms with van der Waals surface area (Å²) in [5, 5.41) is 5.43. The largest absolute Gasteiger partial charge is 0.380 e. The van der Waals surface area contributed by atoms with Gasteiger partial charge in [-0.05, 0) is 18.2 Å². The highest BCUT2D eigenvalue weighted by Gasteiger charge is 2.07. The lowest BCUT2D eigenvalue weighted by Gasteiger charge is -2.15. The minimum Gasteiger partial charge on any atom is -0.380 e. The predicted molar refractivity (Wildman–Crippen MR) is 67.0 cm³/mol. The minimum absolute atomic E-state index is 0.138. The molecular formula is C12H17FN2O3. The Morgan fingerprint density at radius 3 is 2.61 bits per heavy atom. The van der Waals surface area contributed by atoms with Crippen LogP contribution in [-0.2, 0) is 14.3 Å². The van der Waals surface area contributed by atoms with Crippen LogP contribution in [0.4, 0.5) is 15.8 Å². The molecule has 1 aromatic rings. The fourth-order valence-electron chi connectivity index (χ4n) is 1.38. The third kappa shape index (κ3) is 4.31. The van der Waals surface area contributed by atoms with Crippen molar-refractivity contribution in [3.05, 3.63) is 24.0 Å². The Labute approximate surface area is 105 Å². The molecule has 100 valence electrons. The zero-order valence-corrected chi connectivity index (χ0v) is 10.6. The Morgan fingerprint density at radius 1 is 1.39 bits per heavy atom. The Bertz CT molecular complexity index is 408. The van der Waals surface area contributed by atoms with Gasteiger partial charge in [0.25, 0.3) is 0 Å². The summed E-state index contributed by atoms with van der Waals surface area (Å²) in [6, 6.07) is 4.37. The maximum Gasteiger partial charge on any atom is 0.221 e. The van der Waals surface area contributed by atoms with Crippen LogP contribution in [0.25, 0.3) is 0 Å². The topological polar surface area (TPSA) is 59.6 Å². The molecule has 0 saturated carbocycles. The van der Waals surface area contributed by atoms with Gasteiger partial charge in [0, 0.05) is 26.8 Å². The molecule has 1 aromatic carbocycles. The van der Waals surface area contributed by atoms with E-state index < -0.39 is 5.82 Å². The van der Waals surface area contributed by atoms with Crippen LogP contribution in [0.15, 0.2) is 18.2 Å². The van der Waals surface area contributed by atoms with Crippen LogP contribution in [0, 0.1) is 5.82 Å². The maximum atomic E-state index is 13.4. The zero-order chi connectivity index (χ0) is 13.5. The molecule has 0 heterocycles. The molecular weight excluding hydrogens is 239 g/mol. The smallest absolute Gasteiger partial charge is 0.221 e. The summed E-state index contributed by atoms with van der Waals surface area (Å²) in [6.45, 7) is 1.74. The van der Waals surface area contributed by atoms with Gasteiger partial charge in [0.2, 0.25) is 5.91 Å². The van der Waals surface area contributed by atoms with E-state index >= 15 is 0 Å². The van der Waals surface area contributed by atoms with Crippen LogP contribution >= 0.6 is 0 Å². The first-order valence-electron chi connectivity index (χ1n) is 5.43. The lowest BCUT2D eigenvalue weighted by Crippen LogP contribution is -2.23. The van der Waals surface area contributed by atoms with E-state index in [1.807, 2.05) is 0 Å². The highest BCUT2D eigenvalue weighted by molar-refractivity contribution is 5.89. The summed E-state index contributed by atoms with van der Waals surface area (Å²) < 4.78 is 23.4. The van der Waals surface area contributed by atoms with Gasteiger partial charge in [0.1, 0.15) is 5.82 Å². The normalized spacial score (nSPS) is 10.5. The van der Waals surface area contributed by atoms with Crippen molar-refractivity contribution in [1.82, 2.24) is 0 Å². The van der Waals surface area contributed by atoms with Crippen molar-refractivity contribution in [3.63, 3.8) is 0 Å². The monoisotopic (exact) mass is 256 g/mol. The van der Waals surface area contributed by atoms with Gasteiger partial charge in [-0.1, -0.05) is 0 Å². The van der Waals surface area contributed by atoms with Gasteiger partial charge in [-0.15, -0.1) is 0 Å². The van der Waals surface area contributed by atoms with Crippen molar-refractivity contribution in [1.29, 1.82) is 0 Å². The number of halogens is 1. The number of methoxy groups -OCH3 is 2. The van der Waals surface area contributed by atoms with Gasteiger partial charge in [0.05, 0.1) is 12.2 Å². The fraction of sp³-hybridized carbons (Fsp3) is 0.417. The molecule has 0 aliphatic heterocycles. The van der Waals surface area contributed by atoms with Gasteiger partial charge >= 0.3 is 0 Å². The molecule has 0 radical (unpaired) electrons. The van der Waals surface area contributed by atoms with Crippen LogP contribution in [-0.4, -0.2) is 33.0 Å². The number of carbonyl (C=O) groups is 1. The molecule has 5 nitrogen and oxygen atoms in total. The molecule has 0 bridgehead atoms. The van der Waals surface area contributed by atoms with E-state index in [0.29, 0.717) is 12.2 Å². The summed E-state index contributed by atoms with van der Waals surface area (Å²) in [4.78, 5) is 10.9. The van der Waals surface area contributed by atoms with E-state index in [1.54, 1.807) is 6.07 Å². The van der Waals surface area contributed by atoms with Crippen molar-refractivity contribution in [2.24, 2.45) is 0 Å². The molecule has 0 unspecified atom stereocenters. The van der Waals surface area contributed by atoms with Crippen molar-refractivity contribution < 1.29 is 18.7 Å². The number of ether oxygens (including phenoxy) is 2. The number of benzene rings is 1. The first kappa shape index (κ1) is 14.4. The third-order valence-corrected chi connectivity index (χ3v) is 2.28. The minimum atomic E-state index is -0.481. The molecule has 18 heavy (non-hydrogen) atoms. The van der Waals surface area contributed by atoms with Crippen molar-refractivity contribution in [2.45, 2.75) is 13.2 Å². The first-order valence-corrected chi connectivity index (χ1v) is 5.43. The second kappa shape index (κ2) is 6.93. The summed E-state index contributed by atoms with van der Waals surface area (Å²) in [7, 11) is 3.06. The highest BCUT2D eigenvalue weighted by Crippen LogP contribution is 2.19. The predicted octanol–water partition coefficient (Wildman–Crippen LogP) is 1.81. The van der Waals surface area contributed by atoms with Crippen molar-refractivity contribution >= 4 is 17.3 Å². The molecule has 0 aliphatic rings. The molecule has 0 saturated heterocycles. The van der Waals surface area contributed by atoms with Crippen LogP contribution in [0.1, 0.15) is 6.92 Å². The number of carbonyl (C=O) groups excluding carboxylic acids is 1. The van der Waals surface area contributed by atoms with Crippen LogP contribution in [0.2, 0.25) is 0 Å². The van der Waals surface area contributed by atoms with Gasteiger partial charge < -0.3 is 20.1 Å². The molecule has 2 N–H and O–H groups in total. The van der Waals surface area contributed by atoms with E-state index in [0.717, 1.165) is 0 Å². The number of anilines is 2. The molecule has 1 amide bonds. The summed E-state index contributed by atoms with van der Waals surface area (Å²) in [5.41, 5.74) is 0.804. The molecule has 0 aliphatic carbocycles. The third-order valence-electron chi connectivity index (χ3n) is 2.28. The number of hydrogen-bond acceptors (Lipinski definition) is 4. The highest BCUT2D eigenvalue weighted by atomic mass is 19.1. The van der Waals surface area contributed by atoms with Crippen molar-refractivity contribution in [2.75, 3.05) is 31.4 Å². The van der Waals surface area contributed by atoms with E-state index in [-0.39, 0.29) is 17.9 Å². The fourth-order valence-corrected chi connectivity index (χ4v) is 1.38. The van der Waals surface area contributed by atoms with Gasteiger partial charge in [-0.3, -0.25) is 4.79 Å². The molecule has 0 atom stereocenters. The first-order chi connectivity index (χ1) is 8.56. The van der Waals surface area contributed by atoms with Crippen LogP contribution in [0.3, 0.4) is 0 Å². The Morgan fingerprint density at radius 2 is 2.06 bits per heavy atom. The Hall–Kier alpha value is -1.66. The van der Waals surface area contributed by atoms with E-state index in [4.69, 9.17) is 9.47 Å². The van der Waals surface area contributed by atoms with Gasteiger partial charge in [-0.2, -0.15) is 0 Å². The Balaban J connectivity index is 2.69. The summed E-state index contributed by atoms with van der Waals surface area (Å²) >= 11 is 0. The van der Waals surface area contributed by atoms with Crippen LogP contribution in [0.5, 0.6) is 0 Å². The Kier molecular flexibility index (Phi) is 5.54. The summed E-state index contributed by atoms with van der Waals surface area (Å²) in [6.07, 6.45) is -0.390. The van der Waals surface area contributed by atoms with E-state index in [1.165, 1.54) is 33.3 Å². The number of rotatable bonds is 6. The second-order valence-electron chi connectivity index (χ2n) is 3.66. The van der Waals surface area contributed by atoms with E-state index in [2.05, 4.69) is 10.6 Å². The van der Waals surface area contributed by atoms with Gasteiger partial charge in [-0.25, -0.2) is 4.39 Å². The number of hydrogen-bond donors (Lipinski definition) is 2. The SMILES string of the molecule is COC(CNc1ccc(F)c(NC(C)=O)c1)OC. The average molecular weight is 256 g/mol. The summed E-state index contributed by atoms with van der Waals surface area (Å²) in [5.74, 6) is -0.802. The van der Waals surface area contributed by atoms with Gasteiger partial charge in [0.15, 0.2) is 6.29 Å². The quantitative estimate of drug-likeness (QED) is 0.762. The average Bonchev–Trinajstić information content (AvgIpc) is 2.33. The van der Waals surface area contributed by atoms with E-state index in [9.17, 15) is 9.18 Å². The van der Waals surface area contributed by atoms with Crippen molar-refractivity contribution in [3.8, 4) is 0 Å². The molecule has 6 heteroatoms. The maximum absolute atomic E-state index is 13.4. The zero-order valence-electron chi connectivity index (χ0n) is 10.6. The van der Waals surface area contributed by atoms with Crippen LogP contribution < -0.4 is 10.6 Å². The second-order valence-corrected chi connectivity index (χ2v) is 3.66. The number of amides is 1. The standard InChI is InChI=1S/C12H17FN2O3/c1-8(16)15-11-6-9(4-5-10(11)13)14-7-12(17-2)18-3/h4-6,12,14H,7H2,1-3H3,(H,15,16). The lowest BCUT2D eigenvalue weighted by molar-refractivity contribution is -0.114. The number of nitrogens with one attached hydrogen (secondary N) is 2. The molecule has 1 rings (SSSR count). The lowest BCUT2D eigenvalue weighted by atomic mass is 10.2. The molecule has 0 aromatic heterocycles. The molecule has 0 spiro atoms. The molecule has 0 fully saturated rings.